The third kappa shape index (κ3) is 5.67. The molecule has 0 aromatic heterocycles. The van der Waals surface area contributed by atoms with E-state index in [0.717, 1.165) is 22.6 Å². The Hall–Kier alpha value is -4.13. The Morgan fingerprint density at radius 1 is 0.538 bits per heavy atom. The van der Waals surface area contributed by atoms with E-state index in [9.17, 15) is 0 Å². The summed E-state index contributed by atoms with van der Waals surface area (Å²) in [5, 5.41) is 6.31. The fraction of sp³-hybridized carbons (Fsp3) is 0.111. The van der Waals surface area contributed by atoms with Gasteiger partial charge in [0.15, 0.2) is 0 Å². The molecule has 5 rings (SSSR count). The molecule has 0 atom stereocenters. The molecule has 0 spiro atoms. The van der Waals surface area contributed by atoms with Crippen molar-refractivity contribution >= 4 is 34.7 Å². The highest BCUT2D eigenvalue weighted by Gasteiger charge is 2.25. The monoisotopic (exact) mass is 526 g/mol. The minimum Gasteiger partial charge on any atom is -0.355 e. The van der Waals surface area contributed by atoms with Crippen LogP contribution >= 0.6 is 7.05 Å². The quantitative estimate of drug-likeness (QED) is 0.210. The van der Waals surface area contributed by atoms with E-state index in [0.29, 0.717) is 0 Å². The summed E-state index contributed by atoms with van der Waals surface area (Å²) in [4.78, 5) is 0. The van der Waals surface area contributed by atoms with Crippen molar-refractivity contribution in [2.75, 3.05) is 5.32 Å². The van der Waals surface area contributed by atoms with Gasteiger partial charge in [0.25, 0.3) is 0 Å². The molecular weight excluding hydrogens is 491 g/mol. The second kappa shape index (κ2) is 11.7. The van der Waals surface area contributed by atoms with Crippen LogP contribution in [0.1, 0.15) is 27.8 Å². The SMILES string of the molecule is Cc1cccc(C)c1N=P(/C=C(\Nc1c(C)cccc1C)c1ccccc1)(c1ccccc1)c1ccccc1. The van der Waals surface area contributed by atoms with E-state index in [4.69, 9.17) is 4.74 Å². The molecule has 0 bridgehead atoms. The molecule has 5 aromatic rings. The second-order valence-electron chi connectivity index (χ2n) is 10.00. The Balaban J connectivity index is 1.91. The van der Waals surface area contributed by atoms with Gasteiger partial charge in [-0.05, 0) is 61.3 Å². The van der Waals surface area contributed by atoms with Crippen molar-refractivity contribution < 1.29 is 0 Å². The molecule has 2 nitrogen and oxygen atoms in total. The van der Waals surface area contributed by atoms with Crippen molar-refractivity contribution in [2.45, 2.75) is 27.7 Å². The summed E-state index contributed by atoms with van der Waals surface area (Å²) >= 11 is 0. The van der Waals surface area contributed by atoms with Gasteiger partial charge in [-0.3, -0.25) is 4.74 Å². The van der Waals surface area contributed by atoms with Crippen molar-refractivity contribution in [3.8, 4) is 0 Å². The Kier molecular flexibility index (Phi) is 7.96. The molecule has 5 aromatic carbocycles. The zero-order chi connectivity index (χ0) is 27.2. The molecule has 0 aliphatic rings. The van der Waals surface area contributed by atoms with E-state index < -0.39 is 7.05 Å². The van der Waals surface area contributed by atoms with Gasteiger partial charge in [-0.2, -0.15) is 0 Å². The van der Waals surface area contributed by atoms with Gasteiger partial charge in [-0.15, -0.1) is 0 Å². The molecule has 39 heavy (non-hydrogen) atoms. The molecule has 0 fully saturated rings. The van der Waals surface area contributed by atoms with E-state index in [1.165, 1.54) is 32.9 Å². The van der Waals surface area contributed by atoms with Gasteiger partial charge in [-0.25, -0.2) is 0 Å². The summed E-state index contributed by atoms with van der Waals surface area (Å²) < 4.78 is 5.78. The van der Waals surface area contributed by atoms with Crippen LogP contribution in [0.2, 0.25) is 0 Å². The first-order chi connectivity index (χ1) is 19.0. The van der Waals surface area contributed by atoms with Crippen LogP contribution in [0.4, 0.5) is 11.4 Å². The molecule has 0 saturated carbocycles. The number of benzene rings is 5. The van der Waals surface area contributed by atoms with Crippen LogP contribution in [0.15, 0.2) is 138 Å². The number of hydrogen-bond acceptors (Lipinski definition) is 2. The normalized spacial score (nSPS) is 11.7. The van der Waals surface area contributed by atoms with Crippen molar-refractivity contribution in [3.63, 3.8) is 0 Å². The third-order valence-electron chi connectivity index (χ3n) is 7.14. The first kappa shape index (κ1) is 26.5. The van der Waals surface area contributed by atoms with Crippen molar-refractivity contribution in [1.29, 1.82) is 0 Å². The van der Waals surface area contributed by atoms with Gasteiger partial charge in [-0.1, -0.05) is 127 Å². The Morgan fingerprint density at radius 3 is 1.46 bits per heavy atom. The van der Waals surface area contributed by atoms with Gasteiger partial charge in [0.1, 0.15) is 0 Å². The molecule has 0 aliphatic carbocycles. The maximum atomic E-state index is 5.78. The van der Waals surface area contributed by atoms with Crippen LogP contribution in [-0.4, -0.2) is 0 Å². The molecule has 3 heteroatoms. The van der Waals surface area contributed by atoms with Crippen LogP contribution in [0.25, 0.3) is 5.70 Å². The van der Waals surface area contributed by atoms with Gasteiger partial charge in [0.05, 0.1) is 12.7 Å². The van der Waals surface area contributed by atoms with E-state index >= 15 is 0 Å². The predicted octanol–water partition coefficient (Wildman–Crippen LogP) is 9.51. The lowest BCUT2D eigenvalue weighted by atomic mass is 10.1. The molecule has 0 heterocycles. The zero-order valence-electron chi connectivity index (χ0n) is 23.1. The smallest absolute Gasteiger partial charge is 0.0683 e. The number of hydrogen-bond donors (Lipinski definition) is 1. The highest BCUT2D eigenvalue weighted by Crippen LogP contribution is 2.54. The maximum Gasteiger partial charge on any atom is 0.0683 e. The lowest BCUT2D eigenvalue weighted by molar-refractivity contribution is 1.34. The molecule has 1 N–H and O–H groups in total. The third-order valence-corrected chi connectivity index (χ3v) is 10.5. The van der Waals surface area contributed by atoms with E-state index in [1.54, 1.807) is 0 Å². The largest absolute Gasteiger partial charge is 0.355 e. The Bertz CT molecular complexity index is 1570. The lowest BCUT2D eigenvalue weighted by Gasteiger charge is -2.26. The Morgan fingerprint density at radius 2 is 0.974 bits per heavy atom. The standard InChI is InChI=1S/C36H35N2P/c1-27-16-14-17-28(2)35(27)37-34(31-20-8-5-9-21-31)26-39(32-22-10-6-11-23-32,33-24-12-7-13-25-33)38-36-29(3)18-15-19-30(36)4/h5-26,37H,1-4H3/b34-26-. The number of nitrogens with zero attached hydrogens (tertiary/aromatic N) is 1. The molecule has 0 unspecified atom stereocenters. The summed E-state index contributed by atoms with van der Waals surface area (Å²) in [5.74, 6) is 2.42. The van der Waals surface area contributed by atoms with Crippen LogP contribution < -0.4 is 15.9 Å². The van der Waals surface area contributed by atoms with Crippen LogP contribution in [0.5, 0.6) is 0 Å². The maximum absolute atomic E-state index is 5.78. The van der Waals surface area contributed by atoms with E-state index in [-0.39, 0.29) is 0 Å². The Labute approximate surface area is 233 Å². The predicted molar refractivity (Wildman–Crippen MR) is 171 cm³/mol. The van der Waals surface area contributed by atoms with Crippen LogP contribution in [0.3, 0.4) is 0 Å². The minimum atomic E-state index is -2.47. The van der Waals surface area contributed by atoms with Crippen molar-refractivity contribution in [1.82, 2.24) is 0 Å². The summed E-state index contributed by atoms with van der Waals surface area (Å²) in [5.41, 5.74) is 9.19. The topological polar surface area (TPSA) is 24.4 Å². The highest BCUT2D eigenvalue weighted by molar-refractivity contribution is 7.83. The lowest BCUT2D eigenvalue weighted by Crippen LogP contribution is -2.16. The van der Waals surface area contributed by atoms with Crippen LogP contribution in [-0.2, 0) is 0 Å². The average molecular weight is 527 g/mol. The summed E-state index contributed by atoms with van der Waals surface area (Å²) in [6.45, 7) is 8.64. The zero-order valence-corrected chi connectivity index (χ0v) is 24.0. The number of anilines is 1. The number of para-hydroxylation sites is 1. The van der Waals surface area contributed by atoms with Crippen LogP contribution in [0, 0.1) is 27.7 Å². The summed E-state index contributed by atoms with van der Waals surface area (Å²) in [7, 11) is -2.47. The number of nitrogens with one attached hydrogen (secondary N) is 1. The van der Waals surface area contributed by atoms with Gasteiger partial charge in [0.2, 0.25) is 0 Å². The fourth-order valence-electron chi connectivity index (χ4n) is 5.00. The fourth-order valence-corrected chi connectivity index (χ4v) is 8.36. The first-order valence-electron chi connectivity index (χ1n) is 13.4. The summed E-state index contributed by atoms with van der Waals surface area (Å²) in [6, 6.07) is 45.1. The molecule has 194 valence electrons. The first-order valence-corrected chi connectivity index (χ1v) is 15.2. The van der Waals surface area contributed by atoms with Gasteiger partial charge < -0.3 is 5.32 Å². The van der Waals surface area contributed by atoms with Crippen molar-refractivity contribution in [2.24, 2.45) is 4.74 Å². The number of rotatable bonds is 7. The van der Waals surface area contributed by atoms with E-state index in [2.05, 4.69) is 166 Å². The minimum absolute atomic E-state index is 1.06. The van der Waals surface area contributed by atoms with E-state index in [1.807, 2.05) is 0 Å². The highest BCUT2D eigenvalue weighted by atomic mass is 31.2. The summed E-state index contributed by atoms with van der Waals surface area (Å²) in [6.07, 6.45) is 0. The van der Waals surface area contributed by atoms with Crippen molar-refractivity contribution in [3.05, 3.63) is 161 Å². The van der Waals surface area contributed by atoms with Gasteiger partial charge >= 0.3 is 0 Å². The molecule has 0 amide bonds. The molecule has 0 radical (unpaired) electrons. The average Bonchev–Trinajstić information content (AvgIpc) is 2.97. The molecular formula is C36H35N2P. The van der Waals surface area contributed by atoms with Gasteiger partial charge in [0, 0.05) is 22.0 Å². The molecule has 0 saturated heterocycles. The second-order valence-corrected chi connectivity index (χ2v) is 12.9. The number of aryl methyl sites for hydroxylation is 4. The molecule has 0 aliphatic heterocycles.